The third-order valence-electron chi connectivity index (χ3n) is 3.78. The number of rotatable bonds is 9. The Balaban J connectivity index is 2.08. The maximum Gasteiger partial charge on any atom is 0.418 e. The van der Waals surface area contributed by atoms with Crippen molar-refractivity contribution in [3.8, 4) is 0 Å². The zero-order valence-electron chi connectivity index (χ0n) is 16.0. The van der Waals surface area contributed by atoms with Crippen LogP contribution in [0.25, 0.3) is 0 Å². The Hall–Kier alpha value is -2.56. The lowest BCUT2D eigenvalue weighted by molar-refractivity contribution is -0.137. The Kier molecular flexibility index (Phi) is 7.66. The Morgan fingerprint density at radius 2 is 1.93 bits per heavy atom. The van der Waals surface area contributed by atoms with E-state index in [0.717, 1.165) is 17.8 Å². The standard InChI is InChI=1S/C18H22F3N5O2S/c1-11(2)9-26-15(8-7-14(22)27)24-25-17(26)29-10-16(28)23-13-6-4-3-5-12(13)18(19,20)21/h3-6,11H,7-10H2,1-2H3,(H2,22,27)(H,23,28). The molecule has 7 nitrogen and oxygen atoms in total. The van der Waals surface area contributed by atoms with Gasteiger partial charge in [-0.05, 0) is 18.1 Å². The van der Waals surface area contributed by atoms with Crippen LogP contribution >= 0.6 is 11.8 Å². The maximum absolute atomic E-state index is 13.0. The van der Waals surface area contributed by atoms with E-state index in [-0.39, 0.29) is 23.8 Å². The van der Waals surface area contributed by atoms with Crippen molar-refractivity contribution in [2.45, 2.75) is 44.6 Å². The quantitative estimate of drug-likeness (QED) is 0.597. The second-order valence-electron chi connectivity index (χ2n) is 6.75. The van der Waals surface area contributed by atoms with Gasteiger partial charge in [-0.3, -0.25) is 9.59 Å². The van der Waals surface area contributed by atoms with E-state index in [1.54, 1.807) is 4.57 Å². The maximum atomic E-state index is 13.0. The highest BCUT2D eigenvalue weighted by molar-refractivity contribution is 7.99. The van der Waals surface area contributed by atoms with Crippen molar-refractivity contribution in [2.75, 3.05) is 11.1 Å². The number of alkyl halides is 3. The second kappa shape index (κ2) is 9.77. The number of aryl methyl sites for hydroxylation is 1. The summed E-state index contributed by atoms with van der Waals surface area (Å²) in [6.07, 6.45) is -4.12. The third kappa shape index (κ3) is 6.77. The number of anilines is 1. The summed E-state index contributed by atoms with van der Waals surface area (Å²) in [6.45, 7) is 4.56. The van der Waals surface area contributed by atoms with Crippen molar-refractivity contribution in [2.24, 2.45) is 11.7 Å². The summed E-state index contributed by atoms with van der Waals surface area (Å²) in [7, 11) is 0. The van der Waals surface area contributed by atoms with Gasteiger partial charge in [-0.25, -0.2) is 0 Å². The summed E-state index contributed by atoms with van der Waals surface area (Å²) >= 11 is 1.06. The number of nitrogens with one attached hydrogen (secondary N) is 1. The van der Waals surface area contributed by atoms with Crippen LogP contribution in [-0.4, -0.2) is 32.3 Å². The number of primary amides is 1. The van der Waals surface area contributed by atoms with Gasteiger partial charge in [0.25, 0.3) is 0 Å². The molecule has 0 bridgehead atoms. The van der Waals surface area contributed by atoms with Crippen molar-refractivity contribution in [3.05, 3.63) is 35.7 Å². The first-order chi connectivity index (χ1) is 13.6. The van der Waals surface area contributed by atoms with Gasteiger partial charge < -0.3 is 15.6 Å². The van der Waals surface area contributed by atoms with Crippen molar-refractivity contribution >= 4 is 29.3 Å². The van der Waals surface area contributed by atoms with E-state index >= 15 is 0 Å². The first-order valence-electron chi connectivity index (χ1n) is 8.87. The molecule has 11 heteroatoms. The van der Waals surface area contributed by atoms with Crippen molar-refractivity contribution in [1.29, 1.82) is 0 Å². The normalized spacial score (nSPS) is 11.7. The Morgan fingerprint density at radius 3 is 2.55 bits per heavy atom. The SMILES string of the molecule is CC(C)Cn1c(CCC(N)=O)nnc1SCC(=O)Nc1ccccc1C(F)(F)F. The number of carbonyl (C=O) groups excluding carboxylic acids is 2. The average molecular weight is 429 g/mol. The van der Waals surface area contributed by atoms with Crippen LogP contribution in [0, 0.1) is 5.92 Å². The predicted octanol–water partition coefficient (Wildman–Crippen LogP) is 3.10. The molecule has 0 saturated carbocycles. The van der Waals surface area contributed by atoms with E-state index in [1.807, 2.05) is 13.8 Å². The molecule has 2 aromatic rings. The van der Waals surface area contributed by atoms with Gasteiger partial charge in [0.1, 0.15) is 5.82 Å². The summed E-state index contributed by atoms with van der Waals surface area (Å²) in [4.78, 5) is 23.2. The van der Waals surface area contributed by atoms with E-state index in [4.69, 9.17) is 5.73 Å². The molecule has 1 heterocycles. The Labute approximate surface area is 170 Å². The highest BCUT2D eigenvalue weighted by Crippen LogP contribution is 2.34. The Morgan fingerprint density at radius 1 is 1.24 bits per heavy atom. The smallest absolute Gasteiger partial charge is 0.370 e. The largest absolute Gasteiger partial charge is 0.418 e. The molecule has 0 saturated heterocycles. The average Bonchev–Trinajstić information content (AvgIpc) is 2.98. The van der Waals surface area contributed by atoms with Crippen LogP contribution in [0.15, 0.2) is 29.4 Å². The number of carbonyl (C=O) groups is 2. The van der Waals surface area contributed by atoms with E-state index in [9.17, 15) is 22.8 Å². The van der Waals surface area contributed by atoms with Gasteiger partial charge in [0.15, 0.2) is 5.16 Å². The number of nitrogens with zero attached hydrogens (tertiary/aromatic N) is 3. The molecule has 0 fully saturated rings. The second-order valence-corrected chi connectivity index (χ2v) is 7.69. The number of amides is 2. The first kappa shape index (κ1) is 22.7. The minimum Gasteiger partial charge on any atom is -0.370 e. The van der Waals surface area contributed by atoms with Gasteiger partial charge in [-0.2, -0.15) is 13.2 Å². The number of halogens is 3. The molecule has 2 amide bonds. The lowest BCUT2D eigenvalue weighted by Gasteiger charge is -2.14. The number of benzene rings is 1. The minimum absolute atomic E-state index is 0.121. The first-order valence-corrected chi connectivity index (χ1v) is 9.85. The molecule has 0 aliphatic heterocycles. The lowest BCUT2D eigenvalue weighted by Crippen LogP contribution is -2.19. The van der Waals surface area contributed by atoms with Crippen LogP contribution in [0.4, 0.5) is 18.9 Å². The third-order valence-corrected chi connectivity index (χ3v) is 4.74. The predicted molar refractivity (Wildman–Crippen MR) is 103 cm³/mol. The number of hydrogen-bond acceptors (Lipinski definition) is 5. The topological polar surface area (TPSA) is 103 Å². The van der Waals surface area contributed by atoms with E-state index in [2.05, 4.69) is 15.5 Å². The molecule has 2 rings (SSSR count). The molecule has 0 spiro atoms. The highest BCUT2D eigenvalue weighted by atomic mass is 32.2. The summed E-state index contributed by atoms with van der Waals surface area (Å²) in [6, 6.07) is 4.79. The highest BCUT2D eigenvalue weighted by Gasteiger charge is 2.33. The molecule has 0 atom stereocenters. The number of aromatic nitrogens is 3. The fraction of sp³-hybridized carbons (Fsp3) is 0.444. The number of nitrogens with two attached hydrogens (primary N) is 1. The molecular weight excluding hydrogens is 407 g/mol. The van der Waals surface area contributed by atoms with E-state index in [1.165, 1.54) is 18.2 Å². The summed E-state index contributed by atoms with van der Waals surface area (Å²) in [5.74, 6) is -0.364. The number of para-hydroxylation sites is 1. The van der Waals surface area contributed by atoms with Gasteiger partial charge in [-0.1, -0.05) is 37.7 Å². The van der Waals surface area contributed by atoms with Crippen LogP contribution in [-0.2, 0) is 28.7 Å². The van der Waals surface area contributed by atoms with Crippen molar-refractivity contribution in [3.63, 3.8) is 0 Å². The van der Waals surface area contributed by atoms with Gasteiger partial charge in [-0.15, -0.1) is 10.2 Å². The number of hydrogen-bond donors (Lipinski definition) is 2. The van der Waals surface area contributed by atoms with Crippen LogP contribution in [0.1, 0.15) is 31.7 Å². The summed E-state index contributed by atoms with van der Waals surface area (Å²) < 4.78 is 40.9. The van der Waals surface area contributed by atoms with Gasteiger partial charge in [0.2, 0.25) is 11.8 Å². The molecular formula is C18H22F3N5O2S. The van der Waals surface area contributed by atoms with Crippen LogP contribution < -0.4 is 11.1 Å². The zero-order valence-corrected chi connectivity index (χ0v) is 16.8. The molecule has 0 aliphatic carbocycles. The van der Waals surface area contributed by atoms with Crippen molar-refractivity contribution < 1.29 is 22.8 Å². The fourth-order valence-electron chi connectivity index (χ4n) is 2.55. The Bertz CT molecular complexity index is 867. The molecule has 1 aromatic carbocycles. The van der Waals surface area contributed by atoms with Crippen LogP contribution in [0.2, 0.25) is 0 Å². The zero-order chi connectivity index (χ0) is 21.6. The van der Waals surface area contributed by atoms with E-state index < -0.39 is 23.6 Å². The van der Waals surface area contributed by atoms with Crippen LogP contribution in [0.5, 0.6) is 0 Å². The molecule has 0 radical (unpaired) electrons. The minimum atomic E-state index is -4.57. The monoisotopic (exact) mass is 429 g/mol. The fourth-order valence-corrected chi connectivity index (χ4v) is 3.32. The van der Waals surface area contributed by atoms with Crippen LogP contribution in [0.3, 0.4) is 0 Å². The molecule has 158 valence electrons. The van der Waals surface area contributed by atoms with Gasteiger partial charge in [0, 0.05) is 19.4 Å². The molecule has 0 unspecified atom stereocenters. The molecule has 3 N–H and O–H groups in total. The molecule has 1 aromatic heterocycles. The van der Waals surface area contributed by atoms with Gasteiger partial charge in [0.05, 0.1) is 17.0 Å². The number of thioether (sulfide) groups is 1. The molecule has 29 heavy (non-hydrogen) atoms. The van der Waals surface area contributed by atoms with Gasteiger partial charge >= 0.3 is 6.18 Å². The molecule has 0 aliphatic rings. The lowest BCUT2D eigenvalue weighted by atomic mass is 10.1. The van der Waals surface area contributed by atoms with Crippen molar-refractivity contribution in [1.82, 2.24) is 14.8 Å². The summed E-state index contributed by atoms with van der Waals surface area (Å²) in [5, 5.41) is 10.9. The van der Waals surface area contributed by atoms with E-state index in [0.29, 0.717) is 23.9 Å². The summed E-state index contributed by atoms with van der Waals surface area (Å²) in [5.41, 5.74) is 3.98.